The number of aromatic nitrogens is 1. The molecule has 0 saturated carbocycles. The number of thiophene rings is 1. The van der Waals surface area contributed by atoms with Crippen LogP contribution < -0.4 is 5.32 Å². The Balaban J connectivity index is 2.24. The quantitative estimate of drug-likeness (QED) is 0.759. The van der Waals surface area contributed by atoms with Gasteiger partial charge in [-0.1, -0.05) is 13.0 Å². The molecule has 2 aromatic heterocycles. The van der Waals surface area contributed by atoms with Crippen molar-refractivity contribution in [2.45, 2.75) is 25.8 Å². The van der Waals surface area contributed by atoms with Crippen molar-refractivity contribution in [1.82, 2.24) is 10.3 Å². The van der Waals surface area contributed by atoms with Crippen LogP contribution in [0.25, 0.3) is 9.88 Å². The van der Waals surface area contributed by atoms with Gasteiger partial charge in [0.15, 0.2) is 0 Å². The minimum atomic E-state index is -0.989. The molecule has 5 nitrogen and oxygen atoms in total. The highest BCUT2D eigenvalue weighted by Gasteiger charge is 2.30. The first-order valence-electron chi connectivity index (χ1n) is 6.60. The molecule has 0 fully saturated rings. The number of thiazole rings is 1. The van der Waals surface area contributed by atoms with Crippen LogP contribution >= 0.6 is 22.7 Å². The van der Waals surface area contributed by atoms with Crippen LogP contribution in [0, 0.1) is 6.92 Å². The fourth-order valence-electron chi connectivity index (χ4n) is 1.85. The summed E-state index contributed by atoms with van der Waals surface area (Å²) in [4.78, 5) is 18.3. The standard InChI is InChI=1S/C14H18N2O3S2/c1-3-14(7-17,8-18)16-12(19)11-9(2)15-13(21-11)10-5-4-6-20-10/h4-6,17-18H,3,7-8H2,1-2H3,(H,16,19). The average molecular weight is 326 g/mol. The highest BCUT2D eigenvalue weighted by atomic mass is 32.1. The average Bonchev–Trinajstić information content (AvgIpc) is 3.14. The molecule has 0 aliphatic heterocycles. The second-order valence-electron chi connectivity index (χ2n) is 4.82. The first kappa shape index (κ1) is 16.1. The molecule has 0 radical (unpaired) electrons. The molecule has 0 bridgehead atoms. The third-order valence-corrected chi connectivity index (χ3v) is 5.59. The molecular weight excluding hydrogens is 308 g/mol. The maximum atomic E-state index is 12.4. The summed E-state index contributed by atoms with van der Waals surface area (Å²) in [7, 11) is 0. The van der Waals surface area contributed by atoms with E-state index in [1.54, 1.807) is 18.3 Å². The van der Waals surface area contributed by atoms with E-state index < -0.39 is 5.54 Å². The van der Waals surface area contributed by atoms with Gasteiger partial charge in [0.2, 0.25) is 0 Å². The molecule has 1 amide bonds. The van der Waals surface area contributed by atoms with E-state index >= 15 is 0 Å². The van der Waals surface area contributed by atoms with Gasteiger partial charge in [-0.2, -0.15) is 0 Å². The predicted octanol–water partition coefficient (Wildman–Crippen LogP) is 2.04. The number of rotatable bonds is 6. The second-order valence-corrected chi connectivity index (χ2v) is 6.76. The molecule has 0 unspecified atom stereocenters. The number of hydrogen-bond acceptors (Lipinski definition) is 6. The molecule has 0 spiro atoms. The number of aryl methyl sites for hydroxylation is 1. The maximum absolute atomic E-state index is 12.4. The number of aliphatic hydroxyl groups excluding tert-OH is 2. The Kier molecular flexibility index (Phi) is 5.10. The Morgan fingerprint density at radius 3 is 2.67 bits per heavy atom. The van der Waals surface area contributed by atoms with Gasteiger partial charge in [-0.05, 0) is 24.8 Å². The van der Waals surface area contributed by atoms with Gasteiger partial charge in [-0.25, -0.2) is 4.98 Å². The van der Waals surface area contributed by atoms with E-state index in [0.29, 0.717) is 17.0 Å². The Labute approximate surface area is 131 Å². The van der Waals surface area contributed by atoms with Crippen molar-refractivity contribution in [1.29, 1.82) is 0 Å². The van der Waals surface area contributed by atoms with Crippen molar-refractivity contribution >= 4 is 28.6 Å². The van der Waals surface area contributed by atoms with Crippen molar-refractivity contribution in [3.63, 3.8) is 0 Å². The largest absolute Gasteiger partial charge is 0.394 e. The van der Waals surface area contributed by atoms with Gasteiger partial charge in [-0.3, -0.25) is 4.79 Å². The summed E-state index contributed by atoms with van der Waals surface area (Å²) < 4.78 is 0. The molecule has 114 valence electrons. The number of nitrogens with one attached hydrogen (secondary N) is 1. The molecule has 7 heteroatoms. The molecule has 2 aromatic rings. The summed E-state index contributed by atoms with van der Waals surface area (Å²) in [5, 5.41) is 24.3. The topological polar surface area (TPSA) is 82.5 Å². The van der Waals surface area contributed by atoms with E-state index in [0.717, 1.165) is 9.88 Å². The molecule has 3 N–H and O–H groups in total. The Hall–Kier alpha value is -1.28. The van der Waals surface area contributed by atoms with Crippen LogP contribution in [0.1, 0.15) is 28.7 Å². The van der Waals surface area contributed by atoms with Gasteiger partial charge in [-0.15, -0.1) is 22.7 Å². The summed E-state index contributed by atoms with van der Waals surface area (Å²) >= 11 is 2.89. The summed E-state index contributed by atoms with van der Waals surface area (Å²) in [6, 6.07) is 3.90. The second kappa shape index (κ2) is 6.65. The van der Waals surface area contributed by atoms with Crippen LogP contribution in [-0.4, -0.2) is 39.9 Å². The van der Waals surface area contributed by atoms with Crippen LogP contribution in [-0.2, 0) is 0 Å². The highest BCUT2D eigenvalue weighted by Crippen LogP contribution is 2.31. The Morgan fingerprint density at radius 2 is 2.14 bits per heavy atom. The molecule has 21 heavy (non-hydrogen) atoms. The first-order chi connectivity index (χ1) is 10.0. The number of nitrogens with zero attached hydrogens (tertiary/aromatic N) is 1. The van der Waals surface area contributed by atoms with Gasteiger partial charge in [0.1, 0.15) is 9.88 Å². The zero-order valence-electron chi connectivity index (χ0n) is 11.9. The minimum absolute atomic E-state index is 0.304. The molecule has 0 aliphatic rings. The minimum Gasteiger partial charge on any atom is -0.394 e. The monoisotopic (exact) mass is 326 g/mol. The van der Waals surface area contributed by atoms with E-state index in [-0.39, 0.29) is 19.1 Å². The lowest BCUT2D eigenvalue weighted by atomic mass is 9.98. The molecule has 2 heterocycles. The van der Waals surface area contributed by atoms with E-state index in [4.69, 9.17) is 0 Å². The van der Waals surface area contributed by atoms with E-state index in [1.165, 1.54) is 11.3 Å². The summed E-state index contributed by atoms with van der Waals surface area (Å²) in [5.41, 5.74) is -0.335. The third-order valence-electron chi connectivity index (χ3n) is 3.40. The van der Waals surface area contributed by atoms with Gasteiger partial charge < -0.3 is 15.5 Å². The fourth-order valence-corrected chi connectivity index (χ4v) is 3.61. The third kappa shape index (κ3) is 3.32. The Morgan fingerprint density at radius 1 is 1.43 bits per heavy atom. The number of hydrogen-bond donors (Lipinski definition) is 3. The summed E-state index contributed by atoms with van der Waals surface area (Å²) in [6.45, 7) is 2.99. The van der Waals surface area contributed by atoms with Gasteiger partial charge in [0, 0.05) is 0 Å². The van der Waals surface area contributed by atoms with Crippen LogP contribution in [0.5, 0.6) is 0 Å². The molecule has 0 saturated heterocycles. The van der Waals surface area contributed by atoms with E-state index in [1.807, 2.05) is 24.4 Å². The van der Waals surface area contributed by atoms with E-state index in [2.05, 4.69) is 10.3 Å². The van der Waals surface area contributed by atoms with Crippen LogP contribution in [0.2, 0.25) is 0 Å². The molecule has 2 rings (SSSR count). The van der Waals surface area contributed by atoms with Crippen molar-refractivity contribution in [2.75, 3.05) is 13.2 Å². The van der Waals surface area contributed by atoms with E-state index in [9.17, 15) is 15.0 Å². The fraction of sp³-hybridized carbons (Fsp3) is 0.429. The smallest absolute Gasteiger partial charge is 0.263 e. The lowest BCUT2D eigenvalue weighted by Gasteiger charge is -2.29. The zero-order chi connectivity index (χ0) is 15.5. The molecule has 0 atom stereocenters. The Bertz CT molecular complexity index is 596. The van der Waals surface area contributed by atoms with Crippen LogP contribution in [0.15, 0.2) is 17.5 Å². The summed E-state index contributed by atoms with van der Waals surface area (Å²) in [6.07, 6.45) is 0.446. The predicted molar refractivity (Wildman–Crippen MR) is 84.8 cm³/mol. The van der Waals surface area contributed by atoms with Crippen LogP contribution in [0.3, 0.4) is 0 Å². The van der Waals surface area contributed by atoms with Crippen molar-refractivity contribution in [3.05, 3.63) is 28.1 Å². The molecule has 0 aliphatic carbocycles. The first-order valence-corrected chi connectivity index (χ1v) is 8.30. The van der Waals surface area contributed by atoms with Gasteiger partial charge in [0.25, 0.3) is 5.91 Å². The number of amides is 1. The lowest BCUT2D eigenvalue weighted by Crippen LogP contribution is -2.53. The number of carbonyl (C=O) groups is 1. The van der Waals surface area contributed by atoms with Gasteiger partial charge >= 0.3 is 0 Å². The summed E-state index contributed by atoms with van der Waals surface area (Å²) in [5.74, 6) is -0.308. The van der Waals surface area contributed by atoms with Crippen molar-refractivity contribution in [3.8, 4) is 9.88 Å². The number of aliphatic hydroxyl groups is 2. The molecular formula is C14H18N2O3S2. The van der Waals surface area contributed by atoms with Crippen molar-refractivity contribution in [2.24, 2.45) is 0 Å². The van der Waals surface area contributed by atoms with Crippen molar-refractivity contribution < 1.29 is 15.0 Å². The van der Waals surface area contributed by atoms with Crippen LogP contribution in [0.4, 0.5) is 0 Å². The van der Waals surface area contributed by atoms with Gasteiger partial charge in [0.05, 0.1) is 29.3 Å². The zero-order valence-corrected chi connectivity index (χ0v) is 13.6. The normalized spacial score (nSPS) is 11.6. The molecule has 0 aromatic carbocycles. The lowest BCUT2D eigenvalue weighted by molar-refractivity contribution is 0.0655. The number of carbonyl (C=O) groups excluding carboxylic acids is 1. The maximum Gasteiger partial charge on any atom is 0.263 e. The highest BCUT2D eigenvalue weighted by molar-refractivity contribution is 7.22. The SMILES string of the molecule is CCC(CO)(CO)NC(=O)c1sc(-c2cccs2)nc1C.